The zero-order valence-corrected chi connectivity index (χ0v) is 25.7. The van der Waals surface area contributed by atoms with Gasteiger partial charge in [0.2, 0.25) is 5.91 Å². The third-order valence-corrected chi connectivity index (χ3v) is 8.87. The zero-order chi connectivity index (χ0) is 30.6. The molecule has 2 amide bonds. The molecule has 9 heteroatoms. The smallest absolute Gasteiger partial charge is 0.287 e. The second kappa shape index (κ2) is 13.3. The van der Waals surface area contributed by atoms with Crippen LogP contribution in [0.25, 0.3) is 11.0 Å². The maximum absolute atomic E-state index is 13.4. The van der Waals surface area contributed by atoms with Crippen LogP contribution >= 0.6 is 23.2 Å². The van der Waals surface area contributed by atoms with Crippen molar-refractivity contribution in [1.82, 2.24) is 10.2 Å². The number of likely N-dealkylation sites (tertiary alicyclic amines) is 1. The number of benzene rings is 3. The van der Waals surface area contributed by atoms with Crippen LogP contribution in [0.4, 0.5) is 5.69 Å². The SMILES string of the molecule is O=C(NC(C=C1CCN(c2ccccc2CN2CCCC2=O)CC1)Cc1ccc(Cl)cc1)c1cc(=O)c2cccc(Cl)c2o1. The predicted molar refractivity (Wildman–Crippen MR) is 175 cm³/mol. The molecule has 1 aromatic heterocycles. The van der Waals surface area contributed by atoms with E-state index in [1.54, 1.807) is 18.2 Å². The lowest BCUT2D eigenvalue weighted by atomic mass is 9.97. The Morgan fingerprint density at radius 2 is 1.70 bits per heavy atom. The third kappa shape index (κ3) is 6.85. The van der Waals surface area contributed by atoms with Crippen LogP contribution in [-0.2, 0) is 17.8 Å². The first-order valence-corrected chi connectivity index (χ1v) is 15.7. The van der Waals surface area contributed by atoms with E-state index in [9.17, 15) is 14.4 Å². The maximum Gasteiger partial charge on any atom is 0.287 e. The van der Waals surface area contributed by atoms with Crippen molar-refractivity contribution in [2.24, 2.45) is 0 Å². The van der Waals surface area contributed by atoms with Crippen molar-refractivity contribution in [3.63, 3.8) is 0 Å². The number of hydrogen-bond donors (Lipinski definition) is 1. The number of carbonyl (C=O) groups is 2. The lowest BCUT2D eigenvalue weighted by molar-refractivity contribution is -0.128. The van der Waals surface area contributed by atoms with Crippen LogP contribution in [0.15, 0.2) is 93.7 Å². The van der Waals surface area contributed by atoms with Crippen LogP contribution in [0.2, 0.25) is 10.0 Å². The number of fused-ring (bicyclic) bond motifs is 1. The van der Waals surface area contributed by atoms with Crippen molar-refractivity contribution < 1.29 is 14.0 Å². The van der Waals surface area contributed by atoms with Crippen LogP contribution in [0.1, 0.15) is 47.4 Å². The van der Waals surface area contributed by atoms with Gasteiger partial charge in [-0.3, -0.25) is 14.4 Å². The Bertz CT molecular complexity index is 1770. The van der Waals surface area contributed by atoms with Gasteiger partial charge in [-0.05, 0) is 67.1 Å². The van der Waals surface area contributed by atoms with Gasteiger partial charge < -0.3 is 19.5 Å². The van der Waals surface area contributed by atoms with Gasteiger partial charge >= 0.3 is 0 Å². The highest BCUT2D eigenvalue weighted by Gasteiger charge is 2.24. The summed E-state index contributed by atoms with van der Waals surface area (Å²) in [5.41, 5.74) is 4.47. The van der Waals surface area contributed by atoms with E-state index in [1.807, 2.05) is 41.3 Å². The molecular formula is C35H33Cl2N3O4. The van der Waals surface area contributed by atoms with Gasteiger partial charge in [-0.2, -0.15) is 0 Å². The Morgan fingerprint density at radius 3 is 2.45 bits per heavy atom. The Hall–Kier alpha value is -4.07. The fourth-order valence-electron chi connectivity index (χ4n) is 6.04. The first-order valence-electron chi connectivity index (χ1n) is 14.9. The molecule has 44 heavy (non-hydrogen) atoms. The molecule has 3 heterocycles. The molecule has 0 spiro atoms. The van der Waals surface area contributed by atoms with Crippen LogP contribution < -0.4 is 15.6 Å². The normalized spacial score (nSPS) is 16.0. The minimum atomic E-state index is -0.484. The number of nitrogens with one attached hydrogen (secondary N) is 1. The summed E-state index contributed by atoms with van der Waals surface area (Å²) < 4.78 is 5.81. The van der Waals surface area contributed by atoms with Gasteiger partial charge in [0.15, 0.2) is 16.8 Å². The molecule has 0 bridgehead atoms. The monoisotopic (exact) mass is 629 g/mol. The van der Waals surface area contributed by atoms with E-state index in [4.69, 9.17) is 27.6 Å². The molecule has 2 saturated heterocycles. The van der Waals surface area contributed by atoms with Crippen molar-refractivity contribution in [2.45, 2.75) is 44.7 Å². The molecule has 0 saturated carbocycles. The van der Waals surface area contributed by atoms with Gasteiger partial charge in [0.25, 0.3) is 5.91 Å². The maximum atomic E-state index is 13.4. The summed E-state index contributed by atoms with van der Waals surface area (Å²) in [7, 11) is 0. The number of para-hydroxylation sites is 2. The van der Waals surface area contributed by atoms with Crippen molar-refractivity contribution in [3.8, 4) is 0 Å². The molecule has 4 aromatic rings. The van der Waals surface area contributed by atoms with E-state index in [-0.39, 0.29) is 33.7 Å². The van der Waals surface area contributed by atoms with E-state index in [2.05, 4.69) is 28.4 Å². The number of halogens is 2. The predicted octanol–water partition coefficient (Wildman–Crippen LogP) is 6.79. The van der Waals surface area contributed by atoms with Gasteiger partial charge in [0.05, 0.1) is 16.5 Å². The first kappa shape index (κ1) is 30.0. The Balaban J connectivity index is 1.20. The molecule has 2 fully saturated rings. The van der Waals surface area contributed by atoms with Gasteiger partial charge in [-0.25, -0.2) is 0 Å². The fourth-order valence-corrected chi connectivity index (χ4v) is 6.38. The molecule has 6 rings (SSSR count). The Labute approximate surface area is 266 Å². The van der Waals surface area contributed by atoms with Gasteiger partial charge in [-0.15, -0.1) is 0 Å². The largest absolute Gasteiger partial charge is 0.449 e. The van der Waals surface area contributed by atoms with E-state index < -0.39 is 5.91 Å². The van der Waals surface area contributed by atoms with Crippen LogP contribution in [0.5, 0.6) is 0 Å². The number of nitrogens with zero attached hydrogens (tertiary/aromatic N) is 2. The van der Waals surface area contributed by atoms with Gasteiger partial charge in [0, 0.05) is 49.4 Å². The second-order valence-electron chi connectivity index (χ2n) is 11.4. The average molecular weight is 631 g/mol. The number of hydrogen-bond acceptors (Lipinski definition) is 5. The average Bonchev–Trinajstić information content (AvgIpc) is 3.43. The van der Waals surface area contributed by atoms with Crippen LogP contribution in [0, 0.1) is 0 Å². The lowest BCUT2D eigenvalue weighted by Gasteiger charge is -2.33. The summed E-state index contributed by atoms with van der Waals surface area (Å²) in [5.74, 6) is -0.343. The van der Waals surface area contributed by atoms with E-state index >= 15 is 0 Å². The van der Waals surface area contributed by atoms with Crippen LogP contribution in [0.3, 0.4) is 0 Å². The second-order valence-corrected chi connectivity index (χ2v) is 12.2. The summed E-state index contributed by atoms with van der Waals surface area (Å²) in [5, 5.41) is 4.32. The zero-order valence-electron chi connectivity index (χ0n) is 24.2. The molecule has 7 nitrogen and oxygen atoms in total. The molecular weight excluding hydrogens is 597 g/mol. The number of amides is 2. The van der Waals surface area contributed by atoms with Gasteiger partial charge in [0.1, 0.15) is 0 Å². The summed E-state index contributed by atoms with van der Waals surface area (Å²) in [6.07, 6.45) is 5.91. The van der Waals surface area contributed by atoms with Crippen molar-refractivity contribution in [1.29, 1.82) is 0 Å². The highest BCUT2D eigenvalue weighted by Crippen LogP contribution is 2.29. The quantitative estimate of drug-likeness (QED) is 0.217. The minimum absolute atomic E-state index is 0.0852. The number of anilines is 1. The van der Waals surface area contributed by atoms with Crippen molar-refractivity contribution in [3.05, 3.63) is 122 Å². The summed E-state index contributed by atoms with van der Waals surface area (Å²) >= 11 is 12.4. The number of rotatable bonds is 8. The standard InChI is InChI=1S/C35H33Cl2N3O4/c36-26-12-10-23(11-13-26)19-27(38-35(43)32-21-31(41)28-6-3-7-29(37)34(28)44-32)20-24-14-17-39(18-15-24)30-8-2-1-5-25(30)22-40-16-4-9-33(40)42/h1-3,5-8,10-13,20-21,27H,4,9,14-19,22H2,(H,38,43). The van der Waals surface area contributed by atoms with E-state index in [0.717, 1.165) is 44.5 Å². The van der Waals surface area contributed by atoms with Gasteiger partial charge in [-0.1, -0.05) is 71.2 Å². The van der Waals surface area contributed by atoms with E-state index in [1.165, 1.54) is 22.9 Å². The highest BCUT2D eigenvalue weighted by atomic mass is 35.5. The number of carbonyl (C=O) groups excluding carboxylic acids is 2. The summed E-state index contributed by atoms with van der Waals surface area (Å²) in [6.45, 7) is 3.11. The fraction of sp³-hybridized carbons (Fsp3) is 0.286. The molecule has 1 unspecified atom stereocenters. The Morgan fingerprint density at radius 1 is 0.932 bits per heavy atom. The molecule has 2 aliphatic heterocycles. The van der Waals surface area contributed by atoms with E-state index in [0.29, 0.717) is 29.8 Å². The van der Waals surface area contributed by atoms with Crippen molar-refractivity contribution in [2.75, 3.05) is 24.5 Å². The molecule has 0 aliphatic carbocycles. The molecule has 226 valence electrons. The third-order valence-electron chi connectivity index (χ3n) is 8.32. The lowest BCUT2D eigenvalue weighted by Crippen LogP contribution is -2.37. The van der Waals surface area contributed by atoms with Crippen LogP contribution in [-0.4, -0.2) is 42.4 Å². The highest BCUT2D eigenvalue weighted by molar-refractivity contribution is 6.34. The molecule has 0 radical (unpaired) electrons. The Kier molecular flexibility index (Phi) is 9.05. The summed E-state index contributed by atoms with van der Waals surface area (Å²) in [4.78, 5) is 42.7. The van der Waals surface area contributed by atoms with Crippen molar-refractivity contribution >= 4 is 51.7 Å². The molecule has 1 N–H and O–H groups in total. The molecule has 1 atom stereocenters. The summed E-state index contributed by atoms with van der Waals surface area (Å²) in [6, 6.07) is 21.7. The molecule has 3 aromatic carbocycles. The topological polar surface area (TPSA) is 82.9 Å². The number of piperidine rings is 1. The first-order chi connectivity index (χ1) is 21.3. The molecule has 2 aliphatic rings. The minimum Gasteiger partial charge on any atom is -0.449 e.